The molecule has 32 heavy (non-hydrogen) atoms. The third-order valence-corrected chi connectivity index (χ3v) is 8.23. The number of fused-ring (bicyclic) bond motifs is 3. The molecule has 3 heterocycles. The largest absolute Gasteiger partial charge is 0.493 e. The zero-order valence-corrected chi connectivity index (χ0v) is 19.2. The second-order valence-electron chi connectivity index (χ2n) is 9.38. The Morgan fingerprint density at radius 3 is 2.78 bits per heavy atom. The Morgan fingerprint density at radius 1 is 1.16 bits per heavy atom. The standard InChI is InChI=1S/C25H24N2O3.C2H6/c1-27-10-9-24-20-15-7-8-18(29-2)22(20)30-23(24)21-16(13-25(24,28)19(27)12-15)11-14-5-3-4-6-17(14)26-21;1-2/h3-8,11,19,23,28H,9-10,12-13H2,1-2H3;1-2H3/t19-,23?,24+,25?;/m1./s1. The second kappa shape index (κ2) is 6.69. The van der Waals surface area contributed by atoms with E-state index in [-0.39, 0.29) is 12.1 Å². The van der Waals surface area contributed by atoms with E-state index in [4.69, 9.17) is 14.5 Å². The van der Waals surface area contributed by atoms with Crippen molar-refractivity contribution in [1.29, 1.82) is 0 Å². The van der Waals surface area contributed by atoms with E-state index in [1.54, 1.807) is 7.11 Å². The summed E-state index contributed by atoms with van der Waals surface area (Å²) < 4.78 is 12.4. The molecule has 1 saturated heterocycles. The Kier molecular flexibility index (Phi) is 4.18. The number of hydrogen-bond acceptors (Lipinski definition) is 5. The normalized spacial score (nSPS) is 31.2. The van der Waals surface area contributed by atoms with E-state index in [1.807, 2.05) is 32.0 Å². The molecule has 1 spiro atoms. The van der Waals surface area contributed by atoms with Crippen molar-refractivity contribution in [2.45, 2.75) is 56.3 Å². The molecule has 3 aromatic rings. The first kappa shape index (κ1) is 20.0. The van der Waals surface area contributed by atoms with Crippen molar-refractivity contribution in [3.63, 3.8) is 0 Å². The Morgan fingerprint density at radius 2 is 1.97 bits per heavy atom. The van der Waals surface area contributed by atoms with Gasteiger partial charge >= 0.3 is 0 Å². The number of aromatic nitrogens is 1. The van der Waals surface area contributed by atoms with Crippen LogP contribution in [0.2, 0.25) is 0 Å². The molecule has 1 aromatic heterocycles. The van der Waals surface area contributed by atoms with Crippen LogP contribution in [-0.2, 0) is 18.3 Å². The maximum Gasteiger partial charge on any atom is 0.166 e. The molecule has 0 amide bonds. The highest BCUT2D eigenvalue weighted by Crippen LogP contribution is 2.68. The van der Waals surface area contributed by atoms with Crippen LogP contribution in [0.4, 0.5) is 0 Å². The van der Waals surface area contributed by atoms with Crippen LogP contribution in [0.5, 0.6) is 11.5 Å². The maximum atomic E-state index is 12.5. The van der Waals surface area contributed by atoms with E-state index < -0.39 is 11.0 Å². The van der Waals surface area contributed by atoms with Crippen molar-refractivity contribution in [1.82, 2.24) is 9.88 Å². The first-order chi connectivity index (χ1) is 15.6. The summed E-state index contributed by atoms with van der Waals surface area (Å²) in [5.74, 6) is 1.56. The molecule has 0 saturated carbocycles. The number of likely N-dealkylation sites (tertiary alicyclic amines) is 1. The molecule has 1 fully saturated rings. The van der Waals surface area contributed by atoms with Gasteiger partial charge in [-0.1, -0.05) is 38.1 Å². The Balaban J connectivity index is 0.000000953. The van der Waals surface area contributed by atoms with Crippen LogP contribution >= 0.6 is 0 Å². The van der Waals surface area contributed by atoms with E-state index in [0.717, 1.165) is 53.0 Å². The molecule has 2 aliphatic heterocycles. The number of likely N-dealkylation sites (N-methyl/N-ethyl adjacent to an activating group) is 1. The molecule has 2 bridgehead atoms. The van der Waals surface area contributed by atoms with Crippen molar-refractivity contribution < 1.29 is 14.6 Å². The average molecular weight is 431 g/mol. The van der Waals surface area contributed by atoms with Crippen LogP contribution in [0.3, 0.4) is 0 Å². The number of aliphatic hydroxyl groups is 1. The molecule has 1 N–H and O–H groups in total. The van der Waals surface area contributed by atoms with Gasteiger partial charge in [0, 0.05) is 23.4 Å². The third kappa shape index (κ3) is 2.18. The fourth-order valence-electron chi connectivity index (χ4n) is 6.91. The molecule has 5 heteroatoms. The number of ether oxygens (including phenoxy) is 2. The minimum Gasteiger partial charge on any atom is -0.493 e. The first-order valence-electron chi connectivity index (χ1n) is 11.7. The summed E-state index contributed by atoms with van der Waals surface area (Å²) in [6.07, 6.45) is 1.98. The quantitative estimate of drug-likeness (QED) is 0.627. The molecule has 0 radical (unpaired) electrons. The fraction of sp³-hybridized carbons (Fsp3) is 0.444. The van der Waals surface area contributed by atoms with Gasteiger partial charge in [0.05, 0.1) is 29.3 Å². The SMILES string of the molecule is CC.COc1ccc2c3c1OC1c4nc5ccccc5cc4CC4(O)[C@@H](C2)N(C)CC[C@]314. The highest BCUT2D eigenvalue weighted by molar-refractivity contribution is 5.80. The first-order valence-corrected chi connectivity index (χ1v) is 11.7. The van der Waals surface area contributed by atoms with Gasteiger partial charge in [-0.05, 0) is 55.8 Å². The number of benzene rings is 2. The highest BCUT2D eigenvalue weighted by Gasteiger charge is 2.72. The van der Waals surface area contributed by atoms with Gasteiger partial charge in [0.2, 0.25) is 0 Å². The Labute approximate surface area is 189 Å². The van der Waals surface area contributed by atoms with E-state index in [0.29, 0.717) is 6.42 Å². The van der Waals surface area contributed by atoms with E-state index in [2.05, 4.69) is 36.2 Å². The van der Waals surface area contributed by atoms with Crippen molar-refractivity contribution >= 4 is 10.9 Å². The summed E-state index contributed by atoms with van der Waals surface area (Å²) in [7, 11) is 3.83. The number of pyridine rings is 1. The van der Waals surface area contributed by atoms with Gasteiger partial charge in [-0.15, -0.1) is 0 Å². The van der Waals surface area contributed by atoms with Crippen molar-refractivity contribution in [3.8, 4) is 11.5 Å². The highest BCUT2D eigenvalue weighted by atomic mass is 16.5. The maximum absolute atomic E-state index is 12.5. The lowest BCUT2D eigenvalue weighted by Gasteiger charge is -2.62. The Bertz CT molecular complexity index is 1240. The topological polar surface area (TPSA) is 54.8 Å². The van der Waals surface area contributed by atoms with Crippen molar-refractivity contribution in [2.24, 2.45) is 0 Å². The zero-order chi connectivity index (χ0) is 22.3. The predicted octanol–water partition coefficient (Wildman–Crippen LogP) is 4.19. The molecule has 5 nitrogen and oxygen atoms in total. The molecule has 4 atom stereocenters. The lowest BCUT2D eigenvalue weighted by molar-refractivity contribution is -0.167. The smallest absolute Gasteiger partial charge is 0.166 e. The monoisotopic (exact) mass is 430 g/mol. The number of piperidine rings is 1. The fourth-order valence-corrected chi connectivity index (χ4v) is 6.91. The molecule has 7 rings (SSSR count). The van der Waals surface area contributed by atoms with Gasteiger partial charge in [-0.2, -0.15) is 0 Å². The van der Waals surface area contributed by atoms with Gasteiger partial charge in [0.1, 0.15) is 0 Å². The lowest BCUT2D eigenvalue weighted by atomic mass is 9.49. The van der Waals surface area contributed by atoms with Crippen LogP contribution in [-0.4, -0.2) is 47.3 Å². The van der Waals surface area contributed by atoms with E-state index in [1.165, 1.54) is 11.1 Å². The molecular formula is C27H30N2O3. The second-order valence-corrected chi connectivity index (χ2v) is 9.38. The van der Waals surface area contributed by atoms with E-state index in [9.17, 15) is 5.11 Å². The Hall–Kier alpha value is -2.63. The molecule has 2 aromatic carbocycles. The average Bonchev–Trinajstić information content (AvgIpc) is 3.17. The van der Waals surface area contributed by atoms with Gasteiger partial charge in [-0.25, -0.2) is 4.98 Å². The minimum absolute atomic E-state index is 0.0591. The molecule has 2 aliphatic carbocycles. The van der Waals surface area contributed by atoms with Crippen molar-refractivity contribution in [3.05, 3.63) is 64.8 Å². The molecular weight excluding hydrogens is 400 g/mol. The van der Waals surface area contributed by atoms with Crippen LogP contribution < -0.4 is 9.47 Å². The number of hydrogen-bond donors (Lipinski definition) is 1. The van der Waals surface area contributed by atoms with Crippen LogP contribution in [0.25, 0.3) is 10.9 Å². The van der Waals surface area contributed by atoms with Gasteiger partial charge < -0.3 is 19.5 Å². The zero-order valence-electron chi connectivity index (χ0n) is 19.2. The number of rotatable bonds is 1. The van der Waals surface area contributed by atoms with Gasteiger partial charge in [0.25, 0.3) is 0 Å². The van der Waals surface area contributed by atoms with Gasteiger partial charge in [-0.3, -0.25) is 0 Å². The summed E-state index contributed by atoms with van der Waals surface area (Å²) in [5, 5.41) is 13.6. The summed E-state index contributed by atoms with van der Waals surface area (Å²) >= 11 is 0. The summed E-state index contributed by atoms with van der Waals surface area (Å²) in [6, 6.07) is 14.7. The number of nitrogens with zero attached hydrogens (tertiary/aromatic N) is 2. The van der Waals surface area contributed by atoms with Gasteiger partial charge in [0.15, 0.2) is 17.6 Å². The van der Waals surface area contributed by atoms with Crippen LogP contribution in [0.15, 0.2) is 42.5 Å². The summed E-state index contributed by atoms with van der Waals surface area (Å²) in [4.78, 5) is 7.43. The number of methoxy groups -OCH3 is 1. The molecule has 2 unspecified atom stereocenters. The number of para-hydroxylation sites is 1. The van der Waals surface area contributed by atoms with E-state index >= 15 is 0 Å². The lowest BCUT2D eigenvalue weighted by Crippen LogP contribution is -2.74. The minimum atomic E-state index is -0.896. The van der Waals surface area contributed by atoms with Crippen LogP contribution in [0.1, 0.15) is 48.8 Å². The molecule has 4 aliphatic rings. The third-order valence-electron chi connectivity index (χ3n) is 8.23. The summed E-state index contributed by atoms with van der Waals surface area (Å²) in [5.41, 5.74) is 4.12. The predicted molar refractivity (Wildman–Crippen MR) is 125 cm³/mol. The summed E-state index contributed by atoms with van der Waals surface area (Å²) in [6.45, 7) is 4.94. The van der Waals surface area contributed by atoms with Crippen LogP contribution in [0, 0.1) is 0 Å². The molecule has 166 valence electrons. The van der Waals surface area contributed by atoms with Crippen molar-refractivity contribution in [2.75, 3.05) is 20.7 Å².